The number of hydrogen-bond acceptors (Lipinski definition) is 7. The predicted molar refractivity (Wildman–Crippen MR) is 159 cm³/mol. The van der Waals surface area contributed by atoms with Gasteiger partial charge in [-0.1, -0.05) is 30.3 Å². The number of urea groups is 2. The SMILES string of the molecule is CO[C@H]1CN(C)C(=O)c2ccc(NC(=O)Nc3ccccc3)cc2OC[C@@H](C)N(C(=O)Nc2c(C)noc2C)C[C@@H]1C. The highest BCUT2D eigenvalue weighted by Gasteiger charge is 2.31. The molecular formula is C30H38N6O6. The highest BCUT2D eigenvalue weighted by Crippen LogP contribution is 2.27. The summed E-state index contributed by atoms with van der Waals surface area (Å²) in [5.74, 6) is 0.426. The number of amides is 5. The molecule has 0 saturated heterocycles. The number of rotatable bonds is 4. The summed E-state index contributed by atoms with van der Waals surface area (Å²) < 4.78 is 17.2. The number of benzene rings is 2. The quantitative estimate of drug-likeness (QED) is 0.397. The minimum atomic E-state index is -0.440. The first-order valence-electron chi connectivity index (χ1n) is 13.8. The minimum absolute atomic E-state index is 0.0864. The van der Waals surface area contributed by atoms with Crippen molar-refractivity contribution in [2.75, 3.05) is 49.8 Å². The molecule has 0 saturated carbocycles. The Kier molecular flexibility index (Phi) is 9.68. The highest BCUT2D eigenvalue weighted by molar-refractivity contribution is 6.01. The Balaban J connectivity index is 1.61. The summed E-state index contributed by atoms with van der Waals surface area (Å²) >= 11 is 0. The molecule has 3 aromatic rings. The van der Waals surface area contributed by atoms with Gasteiger partial charge in [0.25, 0.3) is 5.91 Å². The standard InChI is InChI=1S/C30H38N6O6/c1-18-15-36(30(39)33-27-20(3)34-42-21(27)4)19(2)17-41-25-14-23(32-29(38)31-22-10-8-7-9-11-22)12-13-24(25)28(37)35(5)16-26(18)40-6/h7-14,18-19,26H,15-17H2,1-6H3,(H,33,39)(H2,31,32,38)/t18-,19+,26-/m0/s1. The molecule has 224 valence electrons. The van der Waals surface area contributed by atoms with Gasteiger partial charge in [-0.2, -0.15) is 0 Å². The summed E-state index contributed by atoms with van der Waals surface area (Å²) in [5, 5.41) is 12.4. The molecule has 0 spiro atoms. The lowest BCUT2D eigenvalue weighted by Gasteiger charge is -2.36. The average molecular weight is 579 g/mol. The van der Waals surface area contributed by atoms with E-state index in [4.69, 9.17) is 14.0 Å². The van der Waals surface area contributed by atoms with Gasteiger partial charge < -0.3 is 39.7 Å². The van der Waals surface area contributed by atoms with Crippen LogP contribution in [0.4, 0.5) is 26.7 Å². The van der Waals surface area contributed by atoms with Gasteiger partial charge in [0.05, 0.1) is 17.7 Å². The number of aromatic nitrogens is 1. The molecule has 3 atom stereocenters. The van der Waals surface area contributed by atoms with Gasteiger partial charge >= 0.3 is 12.1 Å². The van der Waals surface area contributed by atoms with Crippen molar-refractivity contribution in [1.82, 2.24) is 15.0 Å². The minimum Gasteiger partial charge on any atom is -0.491 e. The number of nitrogens with one attached hydrogen (secondary N) is 3. The first kappa shape index (κ1) is 30.4. The van der Waals surface area contributed by atoms with Crippen LogP contribution >= 0.6 is 0 Å². The smallest absolute Gasteiger partial charge is 0.323 e. The second-order valence-corrected chi connectivity index (χ2v) is 10.5. The monoisotopic (exact) mass is 578 g/mol. The second-order valence-electron chi connectivity index (χ2n) is 10.5. The van der Waals surface area contributed by atoms with Gasteiger partial charge in [-0.25, -0.2) is 9.59 Å². The summed E-state index contributed by atoms with van der Waals surface area (Å²) in [5.41, 5.74) is 2.50. The van der Waals surface area contributed by atoms with E-state index in [-0.39, 0.29) is 36.3 Å². The van der Waals surface area contributed by atoms with E-state index in [1.807, 2.05) is 32.0 Å². The number of carbonyl (C=O) groups excluding carboxylic acids is 3. The number of carbonyl (C=O) groups is 3. The van der Waals surface area contributed by atoms with E-state index in [0.717, 1.165) is 0 Å². The van der Waals surface area contributed by atoms with E-state index in [2.05, 4.69) is 21.1 Å². The fraction of sp³-hybridized carbons (Fsp3) is 0.400. The van der Waals surface area contributed by atoms with Crippen molar-refractivity contribution in [3.05, 3.63) is 65.5 Å². The fourth-order valence-electron chi connectivity index (χ4n) is 4.79. The van der Waals surface area contributed by atoms with Crippen LogP contribution in [-0.4, -0.2) is 78.9 Å². The zero-order valence-electron chi connectivity index (χ0n) is 24.8. The molecule has 0 aliphatic carbocycles. The molecule has 2 heterocycles. The van der Waals surface area contributed by atoms with Crippen LogP contribution < -0.4 is 20.7 Å². The Hall–Kier alpha value is -4.58. The highest BCUT2D eigenvalue weighted by atomic mass is 16.5. The molecule has 12 heteroatoms. The molecule has 0 fully saturated rings. The van der Waals surface area contributed by atoms with Crippen LogP contribution in [0.1, 0.15) is 35.7 Å². The van der Waals surface area contributed by atoms with Gasteiger partial charge in [0, 0.05) is 50.6 Å². The Bertz CT molecular complexity index is 1390. The maximum absolute atomic E-state index is 13.6. The summed E-state index contributed by atoms with van der Waals surface area (Å²) in [6, 6.07) is 12.8. The predicted octanol–water partition coefficient (Wildman–Crippen LogP) is 4.97. The van der Waals surface area contributed by atoms with Crippen LogP contribution in [0.5, 0.6) is 5.75 Å². The van der Waals surface area contributed by atoms with Crippen molar-refractivity contribution in [2.24, 2.45) is 5.92 Å². The van der Waals surface area contributed by atoms with E-state index in [1.54, 1.807) is 68.1 Å². The number of likely N-dealkylation sites (N-methyl/N-ethyl adjacent to an activating group) is 1. The largest absolute Gasteiger partial charge is 0.491 e. The zero-order chi connectivity index (χ0) is 30.4. The lowest BCUT2D eigenvalue weighted by molar-refractivity contribution is 0.0174. The maximum Gasteiger partial charge on any atom is 0.323 e. The van der Waals surface area contributed by atoms with E-state index >= 15 is 0 Å². The van der Waals surface area contributed by atoms with E-state index in [9.17, 15) is 14.4 Å². The number of para-hydroxylation sites is 1. The van der Waals surface area contributed by atoms with Crippen LogP contribution in [0.2, 0.25) is 0 Å². The molecule has 0 radical (unpaired) electrons. The molecular weight excluding hydrogens is 540 g/mol. The number of anilines is 3. The topological polar surface area (TPSA) is 138 Å². The molecule has 12 nitrogen and oxygen atoms in total. The van der Waals surface area contributed by atoms with Crippen LogP contribution in [0.15, 0.2) is 53.1 Å². The van der Waals surface area contributed by atoms with Crippen molar-refractivity contribution >= 4 is 35.0 Å². The van der Waals surface area contributed by atoms with Gasteiger partial charge in [0.15, 0.2) is 5.76 Å². The molecule has 1 aromatic heterocycles. The van der Waals surface area contributed by atoms with Crippen molar-refractivity contribution in [1.29, 1.82) is 0 Å². The third-order valence-corrected chi connectivity index (χ3v) is 7.26. The van der Waals surface area contributed by atoms with Crippen LogP contribution in [-0.2, 0) is 4.74 Å². The van der Waals surface area contributed by atoms with E-state index in [0.29, 0.717) is 47.2 Å². The average Bonchev–Trinajstić information content (AvgIpc) is 3.28. The molecule has 0 bridgehead atoms. The van der Waals surface area contributed by atoms with Crippen molar-refractivity contribution in [2.45, 2.75) is 39.8 Å². The first-order chi connectivity index (χ1) is 20.1. The fourth-order valence-corrected chi connectivity index (χ4v) is 4.79. The summed E-state index contributed by atoms with van der Waals surface area (Å²) in [6.45, 7) is 8.07. The molecule has 42 heavy (non-hydrogen) atoms. The molecule has 1 aliphatic rings. The summed E-state index contributed by atoms with van der Waals surface area (Å²) in [4.78, 5) is 42.9. The number of fused-ring (bicyclic) bond motifs is 1. The Labute approximate surface area is 245 Å². The molecule has 1 aliphatic heterocycles. The van der Waals surface area contributed by atoms with Crippen LogP contribution in [0.3, 0.4) is 0 Å². The van der Waals surface area contributed by atoms with Gasteiger partial charge in [-0.05, 0) is 45.0 Å². The molecule has 0 unspecified atom stereocenters. The first-order valence-corrected chi connectivity index (χ1v) is 13.8. The van der Waals surface area contributed by atoms with E-state index < -0.39 is 12.1 Å². The van der Waals surface area contributed by atoms with Gasteiger partial charge in [0.1, 0.15) is 23.7 Å². The van der Waals surface area contributed by atoms with Crippen LogP contribution in [0.25, 0.3) is 0 Å². The normalized spacial score (nSPS) is 19.6. The van der Waals surface area contributed by atoms with Gasteiger partial charge in [-0.3, -0.25) is 4.79 Å². The van der Waals surface area contributed by atoms with Crippen molar-refractivity contribution in [3.8, 4) is 5.75 Å². The lowest BCUT2D eigenvalue weighted by atomic mass is 10.0. The summed E-state index contributed by atoms with van der Waals surface area (Å²) in [7, 11) is 3.29. The Morgan fingerprint density at radius 2 is 1.71 bits per heavy atom. The van der Waals surface area contributed by atoms with Crippen molar-refractivity contribution < 1.29 is 28.4 Å². The number of hydrogen-bond donors (Lipinski definition) is 3. The summed E-state index contributed by atoms with van der Waals surface area (Å²) in [6.07, 6.45) is -0.341. The number of methoxy groups -OCH3 is 1. The van der Waals surface area contributed by atoms with Gasteiger partial charge in [-0.15, -0.1) is 0 Å². The third-order valence-electron chi connectivity index (χ3n) is 7.26. The number of nitrogens with zero attached hydrogens (tertiary/aromatic N) is 3. The number of aryl methyl sites for hydroxylation is 2. The lowest BCUT2D eigenvalue weighted by Crippen LogP contribution is -2.50. The Morgan fingerprint density at radius 3 is 2.38 bits per heavy atom. The number of ether oxygens (including phenoxy) is 2. The second kappa shape index (κ2) is 13.4. The third kappa shape index (κ3) is 7.19. The maximum atomic E-state index is 13.6. The Morgan fingerprint density at radius 1 is 1.00 bits per heavy atom. The molecule has 3 N–H and O–H groups in total. The molecule has 4 rings (SSSR count). The van der Waals surface area contributed by atoms with Crippen LogP contribution in [0, 0.1) is 19.8 Å². The molecule has 2 aromatic carbocycles. The zero-order valence-corrected chi connectivity index (χ0v) is 24.8. The van der Waals surface area contributed by atoms with Gasteiger partial charge in [0.2, 0.25) is 0 Å². The van der Waals surface area contributed by atoms with E-state index in [1.165, 1.54) is 0 Å². The molecule has 5 amide bonds. The van der Waals surface area contributed by atoms with Crippen molar-refractivity contribution in [3.63, 3.8) is 0 Å².